The summed E-state index contributed by atoms with van der Waals surface area (Å²) in [4.78, 5) is 22.3. The number of likely N-dealkylation sites (tertiary alicyclic amines) is 1. The van der Waals surface area contributed by atoms with Crippen molar-refractivity contribution in [2.24, 2.45) is 5.73 Å². The van der Waals surface area contributed by atoms with Crippen LogP contribution in [-0.4, -0.2) is 35.5 Å². The fourth-order valence-corrected chi connectivity index (χ4v) is 1.63. The van der Waals surface area contributed by atoms with Crippen molar-refractivity contribution >= 4 is 11.8 Å². The van der Waals surface area contributed by atoms with Crippen LogP contribution < -0.4 is 5.73 Å². The van der Waals surface area contributed by atoms with E-state index in [0.717, 1.165) is 0 Å². The molecule has 0 aromatic rings. The van der Waals surface area contributed by atoms with Crippen LogP contribution in [0.25, 0.3) is 0 Å². The van der Waals surface area contributed by atoms with Gasteiger partial charge in [0.1, 0.15) is 6.04 Å². The molecule has 1 aliphatic heterocycles. The van der Waals surface area contributed by atoms with E-state index >= 15 is 0 Å². The molecule has 1 rings (SSSR count). The number of halogens is 3. The van der Waals surface area contributed by atoms with Crippen LogP contribution in [-0.2, 0) is 9.59 Å². The smallest absolute Gasteiger partial charge is 0.368 e. The van der Waals surface area contributed by atoms with Crippen LogP contribution in [0.3, 0.4) is 0 Å². The third-order valence-electron chi connectivity index (χ3n) is 2.27. The largest absolute Gasteiger partial charge is 0.408 e. The highest BCUT2D eigenvalue weighted by Gasteiger charge is 2.47. The highest BCUT2D eigenvalue weighted by Crippen LogP contribution is 2.31. The van der Waals surface area contributed by atoms with Crippen LogP contribution in [0.5, 0.6) is 0 Å². The Hall–Kier alpha value is -1.27. The van der Waals surface area contributed by atoms with E-state index < -0.39 is 30.6 Å². The molecule has 0 aromatic carbocycles. The number of nitrogens with two attached hydrogens (primary N) is 1. The zero-order chi connectivity index (χ0) is 11.6. The molecule has 0 saturated carbocycles. The second-order valence-corrected chi connectivity index (χ2v) is 3.44. The summed E-state index contributed by atoms with van der Waals surface area (Å²) >= 11 is 0. The fraction of sp³-hybridized carbons (Fsp3) is 0.750. The van der Waals surface area contributed by atoms with Gasteiger partial charge in [-0.3, -0.25) is 9.59 Å². The lowest BCUT2D eigenvalue weighted by atomic mass is 10.0. The van der Waals surface area contributed by atoms with Crippen molar-refractivity contribution in [3.05, 3.63) is 0 Å². The Bertz CT molecular complexity index is 278. The van der Waals surface area contributed by atoms with Gasteiger partial charge in [-0.2, -0.15) is 13.2 Å². The summed E-state index contributed by atoms with van der Waals surface area (Å²) in [5.74, 6) is -1.60. The van der Waals surface area contributed by atoms with Gasteiger partial charge in [0.25, 0.3) is 0 Å². The Balaban J connectivity index is 2.82. The van der Waals surface area contributed by atoms with E-state index in [9.17, 15) is 22.8 Å². The van der Waals surface area contributed by atoms with Crippen molar-refractivity contribution in [2.45, 2.75) is 31.5 Å². The van der Waals surface area contributed by atoms with Gasteiger partial charge in [0, 0.05) is 6.42 Å². The van der Waals surface area contributed by atoms with Gasteiger partial charge in [-0.1, -0.05) is 0 Å². The summed E-state index contributed by atoms with van der Waals surface area (Å²) in [6.07, 6.45) is -4.42. The molecule has 1 saturated heterocycles. The normalized spacial score (nSPS) is 23.0. The van der Waals surface area contributed by atoms with Crippen molar-refractivity contribution < 1.29 is 22.8 Å². The second-order valence-electron chi connectivity index (χ2n) is 3.44. The van der Waals surface area contributed by atoms with Crippen LogP contribution in [0.15, 0.2) is 0 Å². The Morgan fingerprint density at radius 2 is 2.13 bits per heavy atom. The van der Waals surface area contributed by atoms with Crippen LogP contribution in [0, 0.1) is 0 Å². The predicted octanol–water partition coefficient (Wildman–Crippen LogP) is 0.415. The van der Waals surface area contributed by atoms with Gasteiger partial charge in [-0.05, 0) is 12.8 Å². The first-order valence-corrected chi connectivity index (χ1v) is 4.47. The average Bonchev–Trinajstić information content (AvgIpc) is 2.05. The lowest BCUT2D eigenvalue weighted by Gasteiger charge is -2.35. The SMILES string of the molecule is NC(=O)CN1C(=O)CCCC1C(F)(F)F. The highest BCUT2D eigenvalue weighted by molar-refractivity contribution is 5.84. The van der Waals surface area contributed by atoms with E-state index in [1.807, 2.05) is 0 Å². The summed E-state index contributed by atoms with van der Waals surface area (Å²) in [5.41, 5.74) is 4.79. The standard InChI is InChI=1S/C8H11F3N2O2/c9-8(10,11)5-2-1-3-7(15)13(5)4-6(12)14/h5H,1-4H2,(H2,12,14). The molecule has 1 heterocycles. The van der Waals surface area contributed by atoms with Crippen molar-refractivity contribution in [3.8, 4) is 0 Å². The minimum absolute atomic E-state index is 0.0415. The van der Waals surface area contributed by atoms with E-state index in [0.29, 0.717) is 4.90 Å². The van der Waals surface area contributed by atoms with Crippen molar-refractivity contribution in [3.63, 3.8) is 0 Å². The molecule has 4 nitrogen and oxygen atoms in total. The van der Waals surface area contributed by atoms with Crippen LogP contribution >= 0.6 is 0 Å². The first kappa shape index (κ1) is 11.8. The summed E-state index contributed by atoms with van der Waals surface area (Å²) in [6, 6.07) is -1.87. The third kappa shape index (κ3) is 2.84. The van der Waals surface area contributed by atoms with Gasteiger partial charge in [0.2, 0.25) is 11.8 Å². The monoisotopic (exact) mass is 224 g/mol. The Labute approximate surface area is 84.2 Å². The van der Waals surface area contributed by atoms with E-state index in [1.54, 1.807) is 0 Å². The number of alkyl halides is 3. The molecule has 15 heavy (non-hydrogen) atoms. The molecular formula is C8H11F3N2O2. The lowest BCUT2D eigenvalue weighted by molar-refractivity contribution is -0.196. The van der Waals surface area contributed by atoms with Crippen LogP contribution in [0.4, 0.5) is 13.2 Å². The number of amides is 2. The topological polar surface area (TPSA) is 63.4 Å². The molecule has 0 bridgehead atoms. The lowest BCUT2D eigenvalue weighted by Crippen LogP contribution is -2.53. The Morgan fingerprint density at radius 3 is 2.60 bits per heavy atom. The van der Waals surface area contributed by atoms with Gasteiger partial charge in [-0.15, -0.1) is 0 Å². The van der Waals surface area contributed by atoms with Gasteiger partial charge >= 0.3 is 6.18 Å². The highest BCUT2D eigenvalue weighted by atomic mass is 19.4. The molecule has 2 N–H and O–H groups in total. The summed E-state index contributed by atoms with van der Waals surface area (Å²) in [5, 5.41) is 0. The van der Waals surface area contributed by atoms with E-state index in [-0.39, 0.29) is 19.3 Å². The molecule has 1 unspecified atom stereocenters. The molecule has 0 radical (unpaired) electrons. The van der Waals surface area contributed by atoms with Gasteiger partial charge in [0.15, 0.2) is 0 Å². The number of piperidine rings is 1. The van der Waals surface area contributed by atoms with Crippen LogP contribution in [0.2, 0.25) is 0 Å². The maximum Gasteiger partial charge on any atom is 0.408 e. The molecule has 1 atom stereocenters. The zero-order valence-electron chi connectivity index (χ0n) is 7.88. The maximum atomic E-state index is 12.5. The van der Waals surface area contributed by atoms with E-state index in [1.165, 1.54) is 0 Å². The molecule has 7 heteroatoms. The number of hydrogen-bond donors (Lipinski definition) is 1. The van der Waals surface area contributed by atoms with Gasteiger partial charge < -0.3 is 10.6 Å². The quantitative estimate of drug-likeness (QED) is 0.738. The minimum Gasteiger partial charge on any atom is -0.368 e. The molecule has 0 spiro atoms. The molecule has 86 valence electrons. The molecule has 1 fully saturated rings. The van der Waals surface area contributed by atoms with E-state index in [2.05, 4.69) is 0 Å². The van der Waals surface area contributed by atoms with Crippen molar-refractivity contribution in [2.75, 3.05) is 6.54 Å². The average molecular weight is 224 g/mol. The number of hydrogen-bond acceptors (Lipinski definition) is 2. The van der Waals surface area contributed by atoms with E-state index in [4.69, 9.17) is 5.73 Å². The second kappa shape index (κ2) is 4.08. The van der Waals surface area contributed by atoms with Gasteiger partial charge in [-0.25, -0.2) is 0 Å². The molecule has 0 aliphatic carbocycles. The number of carbonyl (C=O) groups is 2. The summed E-state index contributed by atoms with van der Waals surface area (Å²) < 4.78 is 37.4. The molecular weight excluding hydrogens is 213 g/mol. The number of primary amides is 1. The van der Waals surface area contributed by atoms with Gasteiger partial charge in [0.05, 0.1) is 6.54 Å². The molecule has 2 amide bonds. The first-order valence-electron chi connectivity index (χ1n) is 4.47. The third-order valence-corrected chi connectivity index (χ3v) is 2.27. The number of rotatable bonds is 2. The van der Waals surface area contributed by atoms with Crippen molar-refractivity contribution in [1.82, 2.24) is 4.90 Å². The fourth-order valence-electron chi connectivity index (χ4n) is 1.63. The summed E-state index contributed by atoms with van der Waals surface area (Å²) in [7, 11) is 0. The number of carbonyl (C=O) groups excluding carboxylic acids is 2. The zero-order valence-corrected chi connectivity index (χ0v) is 7.88. The summed E-state index contributed by atoms with van der Waals surface area (Å²) in [6.45, 7) is -0.664. The first-order chi connectivity index (χ1) is 6.82. The predicted molar refractivity (Wildman–Crippen MR) is 44.6 cm³/mol. The molecule has 0 aromatic heterocycles. The minimum atomic E-state index is -4.49. The van der Waals surface area contributed by atoms with Crippen molar-refractivity contribution in [1.29, 1.82) is 0 Å². The van der Waals surface area contributed by atoms with Crippen LogP contribution in [0.1, 0.15) is 19.3 Å². The number of nitrogens with zero attached hydrogens (tertiary/aromatic N) is 1. The maximum absolute atomic E-state index is 12.5. The molecule has 1 aliphatic rings. The Morgan fingerprint density at radius 1 is 1.53 bits per heavy atom. The Kier molecular flexibility index (Phi) is 3.21.